The smallest absolute Gasteiger partial charge is 0.388 e. The maximum Gasteiger partial charge on any atom is 0.574 e. The Bertz CT molecular complexity index is 1200. The number of pyridine rings is 1. The number of likely N-dealkylation sites (tertiary alicyclic amines) is 2. The minimum atomic E-state index is -4.73. The molecule has 37 heavy (non-hydrogen) atoms. The highest BCUT2D eigenvalue weighted by Crippen LogP contribution is 2.56. The van der Waals surface area contributed by atoms with Gasteiger partial charge in [0.05, 0.1) is 6.04 Å². The molecule has 3 aliphatic carbocycles. The summed E-state index contributed by atoms with van der Waals surface area (Å²) in [5.74, 6) is 0.555. The Morgan fingerprint density at radius 1 is 1.03 bits per heavy atom. The van der Waals surface area contributed by atoms with Crippen molar-refractivity contribution in [3.8, 4) is 5.88 Å². The van der Waals surface area contributed by atoms with Gasteiger partial charge in [0, 0.05) is 49.3 Å². The minimum absolute atomic E-state index is 0.131. The average molecular weight is 519 g/mol. The molecule has 2 aromatic heterocycles. The molecule has 0 bridgehead atoms. The Labute approximate surface area is 211 Å². The number of nitrogens with zero attached hydrogens (tertiary/aromatic N) is 6. The predicted molar refractivity (Wildman–Crippen MR) is 122 cm³/mol. The Morgan fingerprint density at radius 3 is 2.24 bits per heavy atom. The molecule has 0 atom stereocenters. The molecule has 9 nitrogen and oxygen atoms in total. The first kappa shape index (κ1) is 23.2. The SMILES string of the molecule is O=C(N1CC2(CC(Cc3ccc(OC(F)(F)F)nc3)C2)C1)N1CC2(CC(n3cnc(C4(O)CC4)n3)C2)C1. The zero-order chi connectivity index (χ0) is 25.6. The first-order chi connectivity index (χ1) is 17.5. The lowest BCUT2D eigenvalue weighted by Gasteiger charge is -2.63. The van der Waals surface area contributed by atoms with Crippen LogP contribution in [0.25, 0.3) is 0 Å². The molecule has 2 saturated heterocycles. The molecule has 2 aromatic rings. The van der Waals surface area contributed by atoms with E-state index in [1.807, 2.05) is 14.5 Å². The van der Waals surface area contributed by atoms with E-state index < -0.39 is 17.8 Å². The van der Waals surface area contributed by atoms with E-state index in [2.05, 4.69) is 19.8 Å². The lowest BCUT2D eigenvalue weighted by atomic mass is 9.56. The van der Waals surface area contributed by atoms with Crippen LogP contribution in [0, 0.1) is 16.7 Å². The van der Waals surface area contributed by atoms with Crippen LogP contribution < -0.4 is 4.74 Å². The number of carbonyl (C=O) groups excluding carboxylic acids is 1. The molecular formula is C25H29F3N6O3. The van der Waals surface area contributed by atoms with Crippen LogP contribution >= 0.6 is 0 Å². The van der Waals surface area contributed by atoms with Crippen molar-refractivity contribution in [2.75, 3.05) is 26.2 Å². The second-order valence-electron chi connectivity index (χ2n) is 12.2. The van der Waals surface area contributed by atoms with E-state index >= 15 is 0 Å². The van der Waals surface area contributed by atoms with Gasteiger partial charge < -0.3 is 19.6 Å². The number of hydrogen-bond acceptors (Lipinski definition) is 6. The van der Waals surface area contributed by atoms with Crippen molar-refractivity contribution < 1.29 is 27.8 Å². The Morgan fingerprint density at radius 2 is 1.68 bits per heavy atom. The number of halogens is 3. The van der Waals surface area contributed by atoms with Crippen LogP contribution in [0.4, 0.5) is 18.0 Å². The van der Waals surface area contributed by atoms with Crippen LogP contribution in [0.1, 0.15) is 56.0 Å². The van der Waals surface area contributed by atoms with Gasteiger partial charge in [-0.25, -0.2) is 19.4 Å². The van der Waals surface area contributed by atoms with Gasteiger partial charge in [-0.1, -0.05) is 6.07 Å². The highest BCUT2D eigenvalue weighted by Gasteiger charge is 2.58. The summed E-state index contributed by atoms with van der Waals surface area (Å²) in [5.41, 5.74) is 0.492. The zero-order valence-electron chi connectivity index (χ0n) is 20.3. The van der Waals surface area contributed by atoms with Gasteiger partial charge in [0.2, 0.25) is 5.88 Å². The monoisotopic (exact) mass is 518 g/mol. The molecule has 2 amide bonds. The number of aromatic nitrogens is 4. The normalized spacial score (nSPS) is 25.3. The Kier molecular flexibility index (Phi) is 4.76. The fourth-order valence-corrected chi connectivity index (χ4v) is 7.00. The van der Waals surface area contributed by atoms with Crippen molar-refractivity contribution in [2.45, 2.75) is 63.0 Å². The molecule has 5 fully saturated rings. The Hall–Kier alpha value is -2.89. The van der Waals surface area contributed by atoms with Gasteiger partial charge in [0.25, 0.3) is 0 Å². The third-order valence-electron chi connectivity index (χ3n) is 8.99. The van der Waals surface area contributed by atoms with E-state index in [-0.39, 0.29) is 16.9 Å². The number of urea groups is 1. The summed E-state index contributed by atoms with van der Waals surface area (Å²) in [4.78, 5) is 24.9. The predicted octanol–water partition coefficient (Wildman–Crippen LogP) is 3.26. The van der Waals surface area contributed by atoms with Gasteiger partial charge in [-0.2, -0.15) is 5.10 Å². The van der Waals surface area contributed by atoms with E-state index in [0.29, 0.717) is 17.8 Å². The van der Waals surface area contributed by atoms with Crippen molar-refractivity contribution in [1.29, 1.82) is 0 Å². The summed E-state index contributed by atoms with van der Waals surface area (Å²) in [6.07, 6.45) is 4.71. The Balaban J connectivity index is 0.829. The summed E-state index contributed by atoms with van der Waals surface area (Å²) in [5, 5.41) is 14.7. The van der Waals surface area contributed by atoms with Crippen molar-refractivity contribution in [3.05, 3.63) is 36.0 Å². The number of aliphatic hydroxyl groups is 1. The first-order valence-electron chi connectivity index (χ1n) is 12.9. The molecule has 2 aliphatic heterocycles. The largest absolute Gasteiger partial charge is 0.574 e. The van der Waals surface area contributed by atoms with Crippen LogP contribution in [0.2, 0.25) is 0 Å². The lowest BCUT2D eigenvalue weighted by Crippen LogP contribution is -2.71. The third kappa shape index (κ3) is 4.13. The molecule has 198 valence electrons. The van der Waals surface area contributed by atoms with Crippen molar-refractivity contribution in [1.82, 2.24) is 29.5 Å². The van der Waals surface area contributed by atoms with E-state index in [1.54, 1.807) is 12.4 Å². The van der Waals surface area contributed by atoms with Crippen LogP contribution in [0.5, 0.6) is 5.88 Å². The van der Waals surface area contributed by atoms with Crippen LogP contribution in [0.15, 0.2) is 24.7 Å². The van der Waals surface area contributed by atoms with Crippen molar-refractivity contribution in [3.63, 3.8) is 0 Å². The fourth-order valence-electron chi connectivity index (χ4n) is 7.00. The van der Waals surface area contributed by atoms with E-state index in [0.717, 1.165) is 76.7 Å². The molecule has 0 aromatic carbocycles. The van der Waals surface area contributed by atoms with Crippen molar-refractivity contribution in [2.24, 2.45) is 16.7 Å². The quantitative estimate of drug-likeness (QED) is 0.653. The molecule has 2 spiro atoms. The summed E-state index contributed by atoms with van der Waals surface area (Å²) < 4.78 is 42.5. The summed E-state index contributed by atoms with van der Waals surface area (Å²) in [6.45, 7) is 3.16. The van der Waals surface area contributed by atoms with Gasteiger partial charge in [-0.3, -0.25) is 0 Å². The summed E-state index contributed by atoms with van der Waals surface area (Å²) in [6, 6.07) is 3.32. The lowest BCUT2D eigenvalue weighted by molar-refractivity contribution is -0.276. The molecule has 1 N–H and O–H groups in total. The maximum atomic E-state index is 12.9. The average Bonchev–Trinajstić information content (AvgIpc) is 3.27. The number of ether oxygens (including phenoxy) is 1. The van der Waals surface area contributed by atoms with Gasteiger partial charge in [0.15, 0.2) is 5.82 Å². The topological polar surface area (TPSA) is 96.6 Å². The van der Waals surface area contributed by atoms with Crippen LogP contribution in [-0.2, 0) is 12.0 Å². The molecule has 5 aliphatic rings. The molecule has 0 radical (unpaired) electrons. The molecule has 12 heteroatoms. The second kappa shape index (κ2) is 7.58. The van der Waals surface area contributed by atoms with E-state index in [9.17, 15) is 23.1 Å². The maximum absolute atomic E-state index is 12.9. The van der Waals surface area contributed by atoms with Crippen LogP contribution in [0.3, 0.4) is 0 Å². The first-order valence-corrected chi connectivity index (χ1v) is 12.9. The number of carbonyl (C=O) groups is 1. The molecule has 0 unspecified atom stereocenters. The molecular weight excluding hydrogens is 489 g/mol. The second-order valence-corrected chi connectivity index (χ2v) is 12.2. The summed E-state index contributed by atoms with van der Waals surface area (Å²) in [7, 11) is 0. The number of hydrogen-bond donors (Lipinski definition) is 1. The highest BCUT2D eigenvalue weighted by molar-refractivity contribution is 5.77. The summed E-state index contributed by atoms with van der Waals surface area (Å²) >= 11 is 0. The van der Waals surface area contributed by atoms with E-state index in [1.165, 1.54) is 12.3 Å². The minimum Gasteiger partial charge on any atom is -0.388 e. The van der Waals surface area contributed by atoms with Gasteiger partial charge in [-0.05, 0) is 56.4 Å². The number of amides is 2. The van der Waals surface area contributed by atoms with Crippen molar-refractivity contribution >= 4 is 6.03 Å². The van der Waals surface area contributed by atoms with Crippen LogP contribution in [-0.4, -0.2) is 73.2 Å². The third-order valence-corrected chi connectivity index (χ3v) is 8.99. The highest BCUT2D eigenvalue weighted by atomic mass is 19.4. The standard InChI is InChI=1S/C25H29F3N6O3/c26-25(27,28)37-19-2-1-16(10-29-19)5-17-6-22(7-17)11-32(12-22)21(35)33-13-23(14-33)8-18(9-23)34-15-30-20(31-34)24(36)3-4-24/h1-2,10,15,17-18,36H,3-9,11-14H2. The van der Waals surface area contributed by atoms with Gasteiger partial charge in [-0.15, -0.1) is 13.2 Å². The van der Waals surface area contributed by atoms with Gasteiger partial charge >= 0.3 is 12.4 Å². The zero-order valence-corrected chi connectivity index (χ0v) is 20.3. The number of rotatable bonds is 5. The number of alkyl halides is 3. The molecule has 3 saturated carbocycles. The fraction of sp³-hybridized carbons (Fsp3) is 0.680. The molecule has 4 heterocycles. The molecule has 7 rings (SSSR count). The van der Waals surface area contributed by atoms with E-state index in [4.69, 9.17) is 0 Å². The van der Waals surface area contributed by atoms with Gasteiger partial charge in [0.1, 0.15) is 11.9 Å².